The standard InChI is InChI=1S/C42H33Br2Cl2N3O7/c1-4-20-5-10-23(11-6-20)48-38(51)26-15-14-25-27(33(26)40(48)53)18-29-39(52)49(47-31-16-9-22(45)17-30(31)46)41(54)42(29,21-7-12-24(55-2)13-8-21)34(25)28-19-32(56-3)37(50)36(44)35(28)43/h4-14,16-17,19,26-27,29,33-34,47,50H,1,15,18H2,2-3H3/t26-,27+,29-,33-,34+,42+/m0/s1. The van der Waals surface area contributed by atoms with Crippen molar-refractivity contribution in [1.29, 1.82) is 0 Å². The van der Waals surface area contributed by atoms with Gasteiger partial charge in [-0.3, -0.25) is 29.5 Å². The molecule has 4 aliphatic rings. The van der Waals surface area contributed by atoms with E-state index in [-0.39, 0.29) is 51.3 Å². The lowest BCUT2D eigenvalue weighted by atomic mass is 9.49. The van der Waals surface area contributed by atoms with Crippen LogP contribution < -0.4 is 19.8 Å². The lowest BCUT2D eigenvalue weighted by Gasteiger charge is -2.51. The molecule has 1 saturated carbocycles. The Kier molecular flexibility index (Phi) is 9.84. The minimum atomic E-state index is -1.62. The number of phenolic OH excluding ortho intramolecular Hbond substituents is 1. The molecule has 286 valence electrons. The zero-order valence-corrected chi connectivity index (χ0v) is 34.6. The van der Waals surface area contributed by atoms with E-state index in [0.29, 0.717) is 32.1 Å². The van der Waals surface area contributed by atoms with Gasteiger partial charge < -0.3 is 14.6 Å². The Labute approximate surface area is 349 Å². The number of halogens is 4. The molecular formula is C42H33Br2Cl2N3O7. The van der Waals surface area contributed by atoms with Crippen molar-refractivity contribution < 1.29 is 33.8 Å². The first kappa shape index (κ1) is 38.3. The third kappa shape index (κ3) is 5.62. The van der Waals surface area contributed by atoms with Crippen LogP contribution in [-0.4, -0.2) is 48.0 Å². The molecule has 4 aromatic rings. The van der Waals surface area contributed by atoms with E-state index < -0.39 is 46.8 Å². The summed E-state index contributed by atoms with van der Waals surface area (Å²) in [5, 5.41) is 12.6. The summed E-state index contributed by atoms with van der Waals surface area (Å²) in [4.78, 5) is 60.8. The van der Waals surface area contributed by atoms with Gasteiger partial charge in [0.05, 0.1) is 58.3 Å². The number of carbonyl (C=O) groups excluding carboxylic acids is 4. The number of hydrogen-bond acceptors (Lipinski definition) is 8. The van der Waals surface area contributed by atoms with E-state index in [0.717, 1.165) is 16.1 Å². The topological polar surface area (TPSA) is 125 Å². The lowest BCUT2D eigenvalue weighted by Crippen LogP contribution is -2.53. The normalized spacial score (nSPS) is 25.4. The van der Waals surface area contributed by atoms with Gasteiger partial charge in [0.25, 0.3) is 11.8 Å². The van der Waals surface area contributed by atoms with Crippen LogP contribution in [-0.2, 0) is 24.6 Å². The first-order chi connectivity index (χ1) is 26.9. The maximum atomic E-state index is 15.6. The van der Waals surface area contributed by atoms with Crippen LogP contribution in [0.15, 0.2) is 100.0 Å². The number of phenols is 1. The van der Waals surface area contributed by atoms with Crippen molar-refractivity contribution in [3.8, 4) is 17.2 Å². The van der Waals surface area contributed by atoms with Crippen molar-refractivity contribution in [2.75, 3.05) is 24.5 Å². The zero-order chi connectivity index (χ0) is 39.8. The average molecular weight is 922 g/mol. The van der Waals surface area contributed by atoms with Crippen molar-refractivity contribution in [2.45, 2.75) is 24.2 Å². The van der Waals surface area contributed by atoms with Gasteiger partial charge in [-0.05, 0) is 116 Å². The summed E-state index contributed by atoms with van der Waals surface area (Å²) in [5.41, 5.74) is 4.69. The molecule has 2 heterocycles. The van der Waals surface area contributed by atoms with Crippen LogP contribution in [0, 0.1) is 23.7 Å². The number of hydrogen-bond donors (Lipinski definition) is 2. The number of nitrogens with one attached hydrogen (secondary N) is 1. The van der Waals surface area contributed by atoms with Crippen LogP contribution in [0.5, 0.6) is 17.2 Å². The van der Waals surface area contributed by atoms with Crippen LogP contribution in [0.4, 0.5) is 11.4 Å². The molecule has 2 saturated heterocycles. The minimum absolute atomic E-state index is 0.0723. The van der Waals surface area contributed by atoms with Gasteiger partial charge in [-0.15, -0.1) is 0 Å². The number of carbonyl (C=O) groups is 4. The number of aromatic hydroxyl groups is 1. The molecule has 0 radical (unpaired) electrons. The number of imide groups is 2. The van der Waals surface area contributed by atoms with Crippen molar-refractivity contribution in [3.05, 3.63) is 127 Å². The first-order valence-corrected chi connectivity index (χ1v) is 20.0. The highest BCUT2D eigenvalue weighted by molar-refractivity contribution is 9.13. The minimum Gasteiger partial charge on any atom is -0.503 e. The summed E-state index contributed by atoms with van der Waals surface area (Å²) in [6.07, 6.45) is 3.93. The van der Waals surface area contributed by atoms with E-state index in [1.807, 2.05) is 6.08 Å². The Bertz CT molecular complexity index is 2390. The fourth-order valence-corrected chi connectivity index (χ4v) is 10.6. The van der Waals surface area contributed by atoms with E-state index in [9.17, 15) is 14.7 Å². The van der Waals surface area contributed by atoms with E-state index in [1.54, 1.807) is 72.8 Å². The predicted octanol–water partition coefficient (Wildman–Crippen LogP) is 9.07. The number of benzene rings is 4. The molecule has 6 atom stereocenters. The van der Waals surface area contributed by atoms with Gasteiger partial charge in [0, 0.05) is 15.4 Å². The van der Waals surface area contributed by atoms with Gasteiger partial charge in [0.1, 0.15) is 5.75 Å². The lowest BCUT2D eigenvalue weighted by molar-refractivity contribution is -0.138. The monoisotopic (exact) mass is 919 g/mol. The van der Waals surface area contributed by atoms with Crippen LogP contribution in [0.25, 0.3) is 6.08 Å². The van der Waals surface area contributed by atoms with Crippen molar-refractivity contribution in [2.24, 2.45) is 23.7 Å². The molecule has 2 aliphatic carbocycles. The average Bonchev–Trinajstić information content (AvgIpc) is 3.58. The maximum Gasteiger partial charge on any atom is 0.260 e. The number of anilines is 2. The van der Waals surface area contributed by atoms with Gasteiger partial charge >= 0.3 is 0 Å². The molecule has 4 amide bonds. The molecule has 3 fully saturated rings. The van der Waals surface area contributed by atoms with Crippen LogP contribution in [0.2, 0.25) is 10.0 Å². The summed E-state index contributed by atoms with van der Waals surface area (Å²) in [7, 11) is 2.95. The number of ether oxygens (including phenoxy) is 2. The smallest absolute Gasteiger partial charge is 0.260 e. The Balaban J connectivity index is 1.36. The summed E-state index contributed by atoms with van der Waals surface area (Å²) in [6.45, 7) is 3.80. The second-order valence-electron chi connectivity index (χ2n) is 14.2. The quantitative estimate of drug-likeness (QED) is 0.133. The molecular weight excluding hydrogens is 889 g/mol. The van der Waals surface area contributed by atoms with Gasteiger partial charge in [-0.2, -0.15) is 5.01 Å². The van der Waals surface area contributed by atoms with Crippen molar-refractivity contribution in [3.63, 3.8) is 0 Å². The number of amides is 4. The van der Waals surface area contributed by atoms with Crippen LogP contribution in [0.1, 0.15) is 35.4 Å². The Morgan fingerprint density at radius 3 is 2.25 bits per heavy atom. The number of methoxy groups -OCH3 is 2. The molecule has 0 spiro atoms. The molecule has 2 aliphatic heterocycles. The van der Waals surface area contributed by atoms with E-state index >= 15 is 9.59 Å². The van der Waals surface area contributed by atoms with Crippen LogP contribution in [0.3, 0.4) is 0 Å². The van der Waals surface area contributed by atoms with E-state index in [2.05, 4.69) is 43.9 Å². The number of fused-ring (bicyclic) bond motifs is 4. The summed E-state index contributed by atoms with van der Waals surface area (Å²) in [6, 6.07) is 20.3. The number of nitrogens with zero attached hydrogens (tertiary/aromatic N) is 2. The highest BCUT2D eigenvalue weighted by Gasteiger charge is 2.70. The van der Waals surface area contributed by atoms with Crippen LogP contribution >= 0.6 is 55.1 Å². The third-order valence-electron chi connectivity index (χ3n) is 11.7. The Morgan fingerprint density at radius 2 is 1.61 bits per heavy atom. The zero-order valence-electron chi connectivity index (χ0n) is 29.9. The third-order valence-corrected chi connectivity index (χ3v) is 14.4. The number of rotatable bonds is 8. The molecule has 0 unspecified atom stereocenters. The van der Waals surface area contributed by atoms with Gasteiger partial charge in [-0.1, -0.05) is 71.8 Å². The van der Waals surface area contributed by atoms with Crippen molar-refractivity contribution in [1.82, 2.24) is 5.01 Å². The largest absolute Gasteiger partial charge is 0.503 e. The Hall–Kier alpha value is -4.62. The highest BCUT2D eigenvalue weighted by Crippen LogP contribution is 2.66. The molecule has 14 heteroatoms. The highest BCUT2D eigenvalue weighted by atomic mass is 79.9. The number of hydrazine groups is 1. The van der Waals surface area contributed by atoms with Gasteiger partial charge in [0.15, 0.2) is 11.5 Å². The Morgan fingerprint density at radius 1 is 0.893 bits per heavy atom. The molecule has 10 nitrogen and oxygen atoms in total. The van der Waals surface area contributed by atoms with E-state index in [4.69, 9.17) is 32.7 Å². The number of allylic oxidation sites excluding steroid dienone is 2. The first-order valence-electron chi connectivity index (χ1n) is 17.7. The second kappa shape index (κ2) is 14.4. The van der Waals surface area contributed by atoms with Gasteiger partial charge in [0.2, 0.25) is 11.8 Å². The summed E-state index contributed by atoms with van der Waals surface area (Å²) in [5.74, 6) is -5.45. The fourth-order valence-electron chi connectivity index (χ4n) is 9.18. The van der Waals surface area contributed by atoms with E-state index in [1.165, 1.54) is 25.2 Å². The molecule has 2 N–H and O–H groups in total. The molecule has 56 heavy (non-hydrogen) atoms. The maximum absolute atomic E-state index is 15.6. The second-order valence-corrected chi connectivity index (χ2v) is 16.6. The predicted molar refractivity (Wildman–Crippen MR) is 220 cm³/mol. The molecule has 4 aromatic carbocycles. The summed E-state index contributed by atoms with van der Waals surface area (Å²) >= 11 is 20.0. The molecule has 8 rings (SSSR count). The van der Waals surface area contributed by atoms with Gasteiger partial charge in [-0.25, -0.2) is 0 Å². The SMILES string of the molecule is C=Cc1ccc(N2C(=O)[C@H]3[C@H](CC=C4[C@H]3C[C@H]3C(=O)N(Nc5ccc(Cl)cc5Cl)C(=O)[C@@]3(c3ccc(OC)cc3)[C@H]4c3cc(OC)c(O)c(Br)c3Br)C2=O)cc1. The summed E-state index contributed by atoms with van der Waals surface area (Å²) < 4.78 is 11.8. The molecule has 0 aromatic heterocycles. The fraction of sp³-hybridized carbons (Fsp3) is 0.238. The molecule has 0 bridgehead atoms. The van der Waals surface area contributed by atoms with Crippen molar-refractivity contribution >= 4 is 96.1 Å².